The van der Waals surface area contributed by atoms with Crippen LogP contribution in [0.3, 0.4) is 0 Å². The second-order valence-corrected chi connectivity index (χ2v) is 5.04. The number of methoxy groups -OCH3 is 1. The lowest BCUT2D eigenvalue weighted by molar-refractivity contribution is -0.198. The minimum Gasteiger partial charge on any atom is -0.464 e. The third kappa shape index (κ3) is 3.08. The fourth-order valence-corrected chi connectivity index (χ4v) is 2.70. The van der Waals surface area contributed by atoms with Crippen LogP contribution in [0.25, 0.3) is 0 Å². The van der Waals surface area contributed by atoms with Crippen molar-refractivity contribution < 1.29 is 38.4 Å². The van der Waals surface area contributed by atoms with Crippen molar-refractivity contribution in [2.75, 3.05) is 27.6 Å². The Morgan fingerprint density at radius 1 is 1.45 bits per heavy atom. The van der Waals surface area contributed by atoms with Crippen LogP contribution in [-0.4, -0.2) is 86.7 Å². The van der Waals surface area contributed by atoms with Gasteiger partial charge in [0.15, 0.2) is 12.3 Å². The molecule has 0 aliphatic carbocycles. The molecule has 2 rings (SSSR count). The fraction of sp³-hybridized carbons (Fsp3) is 0.846. The predicted molar refractivity (Wildman–Crippen MR) is 70.5 cm³/mol. The van der Waals surface area contributed by atoms with Gasteiger partial charge in [0.1, 0.15) is 31.2 Å². The molecule has 0 aromatic carbocycles. The fourth-order valence-electron chi connectivity index (χ4n) is 2.70. The van der Waals surface area contributed by atoms with Crippen molar-refractivity contribution in [3.8, 4) is 0 Å². The first-order valence-corrected chi connectivity index (χ1v) is 6.98. The van der Waals surface area contributed by atoms with Crippen LogP contribution in [0, 0.1) is 0 Å². The van der Waals surface area contributed by atoms with Gasteiger partial charge in [0.2, 0.25) is 6.41 Å². The van der Waals surface area contributed by atoms with Crippen molar-refractivity contribution in [2.24, 2.45) is 0 Å². The van der Waals surface area contributed by atoms with Gasteiger partial charge in [0.05, 0.1) is 6.61 Å². The summed E-state index contributed by atoms with van der Waals surface area (Å²) in [6, 6.07) is -1.21. The zero-order chi connectivity index (χ0) is 16.3. The first-order valence-electron chi connectivity index (χ1n) is 6.98. The molecule has 0 saturated carbocycles. The van der Waals surface area contributed by atoms with E-state index in [-0.39, 0.29) is 13.4 Å². The molecule has 1 amide bonds. The summed E-state index contributed by atoms with van der Waals surface area (Å²) in [6.45, 7) is 1.82. The normalized spacial score (nSPS) is 33.1. The quantitative estimate of drug-likeness (QED) is 0.446. The van der Waals surface area contributed by atoms with Crippen molar-refractivity contribution in [3.63, 3.8) is 0 Å². The van der Waals surface area contributed by atoms with E-state index < -0.39 is 42.7 Å². The smallest absolute Gasteiger partial charge is 0.331 e. The summed E-state index contributed by atoms with van der Waals surface area (Å²) in [6.07, 6.45) is -3.57. The van der Waals surface area contributed by atoms with Gasteiger partial charge < -0.3 is 33.7 Å². The summed E-state index contributed by atoms with van der Waals surface area (Å²) < 4.78 is 26.4. The largest absolute Gasteiger partial charge is 0.464 e. The minimum atomic E-state index is -1.34. The lowest BCUT2D eigenvalue weighted by Gasteiger charge is -2.31. The molecule has 0 radical (unpaired) electrons. The SMILES string of the molecule is CCOC(=O)[C@H]([C@H](O)[C@H]1O[C@@H](OC)[C@@H]2OCO[C@H]12)N(C)C=O. The van der Waals surface area contributed by atoms with Crippen molar-refractivity contribution in [1.82, 2.24) is 4.90 Å². The molecule has 1 N–H and O–H groups in total. The Labute approximate surface area is 128 Å². The molecule has 2 aliphatic heterocycles. The molecular weight excluding hydrogens is 298 g/mol. The highest BCUT2D eigenvalue weighted by molar-refractivity contribution is 5.79. The van der Waals surface area contributed by atoms with Gasteiger partial charge in [-0.15, -0.1) is 0 Å². The summed E-state index contributed by atoms with van der Waals surface area (Å²) >= 11 is 0. The Morgan fingerprint density at radius 2 is 2.14 bits per heavy atom. The van der Waals surface area contributed by atoms with Crippen LogP contribution < -0.4 is 0 Å². The van der Waals surface area contributed by atoms with Crippen molar-refractivity contribution in [1.29, 1.82) is 0 Å². The molecule has 2 heterocycles. The van der Waals surface area contributed by atoms with Gasteiger partial charge in [-0.05, 0) is 6.92 Å². The number of likely N-dealkylation sites (N-methyl/N-ethyl adjacent to an activating group) is 1. The molecular formula is C13H21NO8. The maximum atomic E-state index is 12.0. The molecule has 9 nitrogen and oxygen atoms in total. The van der Waals surface area contributed by atoms with Gasteiger partial charge in [0.25, 0.3) is 0 Å². The first kappa shape index (κ1) is 17.1. The standard InChI is InChI=1S/C13H21NO8/c1-4-19-12(17)7(14(2)5-15)8(16)9-10-11(21-6-20-10)13(18-3)22-9/h5,7-11,13,16H,4,6H2,1-3H3/t7-,8-,9+,10+,11+,13+/m0/s1. The number of aliphatic hydroxyl groups is 1. The second-order valence-electron chi connectivity index (χ2n) is 5.04. The molecule has 2 aliphatic rings. The number of rotatable bonds is 7. The van der Waals surface area contributed by atoms with Gasteiger partial charge in [0, 0.05) is 14.2 Å². The van der Waals surface area contributed by atoms with E-state index in [2.05, 4.69) is 0 Å². The first-order chi connectivity index (χ1) is 10.5. The van der Waals surface area contributed by atoms with E-state index >= 15 is 0 Å². The average molecular weight is 319 g/mol. The lowest BCUT2D eigenvalue weighted by Crippen LogP contribution is -2.54. The van der Waals surface area contributed by atoms with Gasteiger partial charge in [-0.1, -0.05) is 0 Å². The number of amides is 1. The third-order valence-electron chi connectivity index (χ3n) is 3.75. The summed E-state index contributed by atoms with van der Waals surface area (Å²) in [5.41, 5.74) is 0. The van der Waals surface area contributed by atoms with E-state index in [1.807, 2.05) is 0 Å². The van der Waals surface area contributed by atoms with Crippen LogP contribution in [0.5, 0.6) is 0 Å². The number of carbonyl (C=O) groups excluding carboxylic acids is 2. The topological polar surface area (TPSA) is 104 Å². The number of hydrogen-bond donors (Lipinski definition) is 1. The summed E-state index contributed by atoms with van der Waals surface area (Å²) in [5, 5.41) is 10.6. The van der Waals surface area contributed by atoms with Crippen LogP contribution in [-0.2, 0) is 33.3 Å². The van der Waals surface area contributed by atoms with Gasteiger partial charge in [-0.2, -0.15) is 0 Å². The van der Waals surface area contributed by atoms with E-state index in [4.69, 9.17) is 23.7 Å². The van der Waals surface area contributed by atoms with Gasteiger partial charge in [-0.25, -0.2) is 4.79 Å². The molecule has 0 aromatic rings. The summed E-state index contributed by atoms with van der Waals surface area (Å²) in [5.74, 6) is -0.718. The Morgan fingerprint density at radius 3 is 2.73 bits per heavy atom. The average Bonchev–Trinajstić information content (AvgIpc) is 3.09. The Hall–Kier alpha value is -1.26. The monoisotopic (exact) mass is 319 g/mol. The minimum absolute atomic E-state index is 0.0510. The number of esters is 1. The molecule has 9 heteroatoms. The van der Waals surface area contributed by atoms with Crippen LogP contribution in [0.1, 0.15) is 6.92 Å². The van der Waals surface area contributed by atoms with Gasteiger partial charge >= 0.3 is 5.97 Å². The molecule has 2 fully saturated rings. The zero-order valence-electron chi connectivity index (χ0n) is 12.7. The number of carbonyl (C=O) groups is 2. The van der Waals surface area contributed by atoms with Crippen LogP contribution in [0.4, 0.5) is 0 Å². The van der Waals surface area contributed by atoms with E-state index in [9.17, 15) is 14.7 Å². The Bertz CT molecular complexity index is 406. The number of hydrogen-bond acceptors (Lipinski definition) is 8. The molecule has 22 heavy (non-hydrogen) atoms. The van der Waals surface area contributed by atoms with E-state index in [0.717, 1.165) is 4.90 Å². The Balaban J connectivity index is 2.17. The molecule has 0 bridgehead atoms. The molecule has 126 valence electrons. The highest BCUT2D eigenvalue weighted by Crippen LogP contribution is 2.34. The number of nitrogens with zero attached hydrogens (tertiary/aromatic N) is 1. The summed E-state index contributed by atoms with van der Waals surface area (Å²) in [7, 11) is 2.82. The van der Waals surface area contributed by atoms with Crippen molar-refractivity contribution in [2.45, 2.75) is 43.7 Å². The zero-order valence-corrected chi connectivity index (χ0v) is 12.7. The van der Waals surface area contributed by atoms with E-state index in [1.54, 1.807) is 6.92 Å². The Kier molecular flexibility index (Phi) is 5.70. The molecule has 0 spiro atoms. The number of fused-ring (bicyclic) bond motifs is 1. The molecule has 0 unspecified atom stereocenters. The highest BCUT2D eigenvalue weighted by Gasteiger charge is 2.55. The van der Waals surface area contributed by atoms with Crippen LogP contribution in [0.15, 0.2) is 0 Å². The van der Waals surface area contributed by atoms with Crippen LogP contribution >= 0.6 is 0 Å². The third-order valence-corrected chi connectivity index (χ3v) is 3.75. The molecule has 2 saturated heterocycles. The van der Waals surface area contributed by atoms with Crippen molar-refractivity contribution >= 4 is 12.4 Å². The second kappa shape index (κ2) is 7.34. The maximum absolute atomic E-state index is 12.0. The highest BCUT2D eigenvalue weighted by atomic mass is 16.8. The van der Waals surface area contributed by atoms with Crippen LogP contribution in [0.2, 0.25) is 0 Å². The number of ether oxygens (including phenoxy) is 5. The van der Waals surface area contributed by atoms with E-state index in [0.29, 0.717) is 6.41 Å². The van der Waals surface area contributed by atoms with E-state index in [1.165, 1.54) is 14.2 Å². The lowest BCUT2D eigenvalue weighted by atomic mass is 9.99. The predicted octanol–water partition coefficient (Wildman–Crippen LogP) is -1.52. The maximum Gasteiger partial charge on any atom is 0.331 e. The van der Waals surface area contributed by atoms with Gasteiger partial charge in [-0.3, -0.25) is 4.79 Å². The molecule has 6 atom stereocenters. The summed E-state index contributed by atoms with van der Waals surface area (Å²) in [4.78, 5) is 24.1. The number of aliphatic hydroxyl groups excluding tert-OH is 1. The van der Waals surface area contributed by atoms with Crippen molar-refractivity contribution in [3.05, 3.63) is 0 Å². The molecule has 0 aromatic heterocycles.